The predicted molar refractivity (Wildman–Crippen MR) is 126 cm³/mol. The molecule has 0 saturated carbocycles. The number of furan rings is 1. The molecule has 33 heavy (non-hydrogen) atoms. The van der Waals surface area contributed by atoms with E-state index in [4.69, 9.17) is 9.15 Å². The van der Waals surface area contributed by atoms with Crippen molar-refractivity contribution in [3.63, 3.8) is 0 Å². The zero-order valence-electron chi connectivity index (χ0n) is 17.9. The standard InChI is InChI=1S/C24H23N3O5S/c28-20(9-10-27-17-6-2-4-8-19(17)33-15-21(27)29)25-22-16-5-1-3-7-18(16)32-23(22)24(30)26-11-13-31-14-12-26/h1-8H,9-15H2,(H,25,28). The number of amides is 3. The lowest BCUT2D eigenvalue weighted by Crippen LogP contribution is -2.41. The van der Waals surface area contributed by atoms with Crippen molar-refractivity contribution in [2.24, 2.45) is 0 Å². The zero-order chi connectivity index (χ0) is 22.8. The summed E-state index contributed by atoms with van der Waals surface area (Å²) in [6.07, 6.45) is 0.0927. The molecular weight excluding hydrogens is 442 g/mol. The number of nitrogens with one attached hydrogen (secondary N) is 1. The van der Waals surface area contributed by atoms with Crippen LogP contribution in [0.5, 0.6) is 0 Å². The smallest absolute Gasteiger partial charge is 0.291 e. The molecule has 1 saturated heterocycles. The number of morpholine rings is 1. The van der Waals surface area contributed by atoms with Gasteiger partial charge in [-0.1, -0.05) is 24.3 Å². The predicted octanol–water partition coefficient (Wildman–Crippen LogP) is 3.37. The van der Waals surface area contributed by atoms with Crippen LogP contribution in [0.1, 0.15) is 17.0 Å². The van der Waals surface area contributed by atoms with Gasteiger partial charge in [0.2, 0.25) is 17.6 Å². The fourth-order valence-corrected chi connectivity index (χ4v) is 4.98. The highest BCUT2D eigenvalue weighted by Crippen LogP contribution is 2.35. The van der Waals surface area contributed by atoms with Crippen LogP contribution in [-0.2, 0) is 14.3 Å². The van der Waals surface area contributed by atoms with Crippen LogP contribution >= 0.6 is 11.8 Å². The lowest BCUT2D eigenvalue weighted by molar-refractivity contribution is -0.117. The molecule has 1 aromatic heterocycles. The van der Waals surface area contributed by atoms with Crippen molar-refractivity contribution in [2.45, 2.75) is 11.3 Å². The molecule has 0 unspecified atom stereocenters. The van der Waals surface area contributed by atoms with Crippen molar-refractivity contribution in [1.29, 1.82) is 0 Å². The molecule has 0 atom stereocenters. The Bertz CT molecular complexity index is 1220. The van der Waals surface area contributed by atoms with Crippen LogP contribution in [0.3, 0.4) is 0 Å². The van der Waals surface area contributed by atoms with E-state index in [0.29, 0.717) is 48.7 Å². The summed E-state index contributed by atoms with van der Waals surface area (Å²) < 4.78 is 11.2. The minimum Gasteiger partial charge on any atom is -0.449 e. The number of fused-ring (bicyclic) bond motifs is 2. The summed E-state index contributed by atoms with van der Waals surface area (Å²) in [5.74, 6) is -0.128. The van der Waals surface area contributed by atoms with Crippen molar-refractivity contribution in [3.8, 4) is 0 Å². The van der Waals surface area contributed by atoms with Crippen LogP contribution in [0, 0.1) is 0 Å². The summed E-state index contributed by atoms with van der Waals surface area (Å²) in [4.78, 5) is 42.9. The number of carbonyl (C=O) groups excluding carboxylic acids is 3. The van der Waals surface area contributed by atoms with E-state index < -0.39 is 0 Å². The van der Waals surface area contributed by atoms with Crippen molar-refractivity contribution in [1.82, 2.24) is 4.90 Å². The first-order chi connectivity index (χ1) is 16.1. The fraction of sp³-hybridized carbons (Fsp3) is 0.292. The number of hydrogen-bond donors (Lipinski definition) is 1. The Morgan fingerprint density at radius 3 is 2.64 bits per heavy atom. The van der Waals surface area contributed by atoms with E-state index in [9.17, 15) is 14.4 Å². The van der Waals surface area contributed by atoms with E-state index in [2.05, 4.69) is 5.32 Å². The Morgan fingerprint density at radius 1 is 1.03 bits per heavy atom. The lowest BCUT2D eigenvalue weighted by atomic mass is 10.2. The largest absolute Gasteiger partial charge is 0.449 e. The molecule has 1 fully saturated rings. The van der Waals surface area contributed by atoms with E-state index in [1.165, 1.54) is 11.8 Å². The zero-order valence-corrected chi connectivity index (χ0v) is 18.7. The van der Waals surface area contributed by atoms with Gasteiger partial charge in [-0.2, -0.15) is 0 Å². The molecule has 1 N–H and O–H groups in total. The van der Waals surface area contributed by atoms with E-state index in [0.717, 1.165) is 10.6 Å². The molecule has 2 aromatic carbocycles. The summed E-state index contributed by atoms with van der Waals surface area (Å²) in [5, 5.41) is 3.54. The van der Waals surface area contributed by atoms with Gasteiger partial charge in [0, 0.05) is 36.3 Å². The Kier molecular flexibility index (Phi) is 6.06. The highest BCUT2D eigenvalue weighted by molar-refractivity contribution is 8.00. The van der Waals surface area contributed by atoms with Gasteiger partial charge < -0.3 is 24.3 Å². The van der Waals surface area contributed by atoms with Gasteiger partial charge in [-0.3, -0.25) is 14.4 Å². The maximum Gasteiger partial charge on any atom is 0.291 e. The number of carbonyl (C=O) groups is 3. The second-order valence-corrected chi connectivity index (χ2v) is 8.82. The molecule has 9 heteroatoms. The van der Waals surface area contributed by atoms with Gasteiger partial charge in [-0.15, -0.1) is 11.8 Å². The first-order valence-electron chi connectivity index (χ1n) is 10.8. The molecule has 2 aliphatic rings. The van der Waals surface area contributed by atoms with Crippen molar-refractivity contribution >= 4 is 51.8 Å². The number of para-hydroxylation sites is 2. The molecule has 3 amide bonds. The Balaban J connectivity index is 1.35. The normalized spacial score (nSPS) is 16.1. The summed E-state index contributed by atoms with van der Waals surface area (Å²) in [6, 6.07) is 14.9. The monoisotopic (exact) mass is 465 g/mol. The van der Waals surface area contributed by atoms with Crippen molar-refractivity contribution in [3.05, 3.63) is 54.3 Å². The van der Waals surface area contributed by atoms with E-state index in [1.54, 1.807) is 15.9 Å². The SMILES string of the molecule is O=C(CCN1C(=O)CSc2ccccc21)Nc1c(C(=O)N2CCOCC2)oc2ccccc12. The third kappa shape index (κ3) is 4.34. The number of rotatable bonds is 5. The number of nitrogens with zero attached hydrogens (tertiary/aromatic N) is 2. The Morgan fingerprint density at radius 2 is 1.79 bits per heavy atom. The lowest BCUT2D eigenvalue weighted by Gasteiger charge is -2.28. The summed E-state index contributed by atoms with van der Waals surface area (Å²) in [5.41, 5.74) is 1.72. The topological polar surface area (TPSA) is 92.1 Å². The van der Waals surface area contributed by atoms with Gasteiger partial charge in [0.1, 0.15) is 11.3 Å². The first kappa shape index (κ1) is 21.5. The fourth-order valence-electron chi connectivity index (χ4n) is 4.04. The summed E-state index contributed by atoms with van der Waals surface area (Å²) in [6.45, 7) is 2.13. The molecule has 2 aliphatic heterocycles. The molecule has 8 nitrogen and oxygen atoms in total. The minimum atomic E-state index is -0.291. The molecule has 3 aromatic rings. The van der Waals surface area contributed by atoms with Gasteiger partial charge in [0.05, 0.1) is 24.7 Å². The van der Waals surface area contributed by atoms with Crippen LogP contribution in [0.2, 0.25) is 0 Å². The molecule has 0 bridgehead atoms. The maximum absolute atomic E-state index is 13.1. The molecule has 3 heterocycles. The highest BCUT2D eigenvalue weighted by atomic mass is 32.2. The molecular formula is C24H23N3O5S. The third-order valence-corrected chi connectivity index (χ3v) is 6.77. The van der Waals surface area contributed by atoms with Gasteiger partial charge in [0.15, 0.2) is 0 Å². The first-order valence-corrected chi connectivity index (χ1v) is 11.8. The average molecular weight is 466 g/mol. The van der Waals surface area contributed by atoms with Crippen LogP contribution < -0.4 is 10.2 Å². The molecule has 0 spiro atoms. The number of thioether (sulfide) groups is 1. The van der Waals surface area contributed by atoms with E-state index in [1.807, 2.05) is 42.5 Å². The van der Waals surface area contributed by atoms with Gasteiger partial charge in [-0.25, -0.2) is 0 Å². The highest BCUT2D eigenvalue weighted by Gasteiger charge is 2.28. The second kappa shape index (κ2) is 9.29. The molecule has 170 valence electrons. The van der Waals surface area contributed by atoms with Gasteiger partial charge >= 0.3 is 0 Å². The van der Waals surface area contributed by atoms with Crippen LogP contribution in [-0.4, -0.2) is 61.2 Å². The van der Waals surface area contributed by atoms with Gasteiger partial charge in [0.25, 0.3) is 5.91 Å². The quantitative estimate of drug-likeness (QED) is 0.621. The molecule has 0 aliphatic carbocycles. The molecule has 0 radical (unpaired) electrons. The number of ether oxygens (including phenoxy) is 1. The Hall–Kier alpha value is -3.30. The maximum atomic E-state index is 13.1. The Labute approximate surface area is 194 Å². The second-order valence-electron chi connectivity index (χ2n) is 7.81. The van der Waals surface area contributed by atoms with Crippen LogP contribution in [0.4, 0.5) is 11.4 Å². The van der Waals surface area contributed by atoms with Crippen LogP contribution in [0.25, 0.3) is 11.0 Å². The van der Waals surface area contributed by atoms with Crippen LogP contribution in [0.15, 0.2) is 57.8 Å². The van der Waals surface area contributed by atoms with Crippen molar-refractivity contribution in [2.75, 3.05) is 48.8 Å². The van der Waals surface area contributed by atoms with E-state index in [-0.39, 0.29) is 36.4 Å². The average Bonchev–Trinajstić information content (AvgIpc) is 3.21. The summed E-state index contributed by atoms with van der Waals surface area (Å²) in [7, 11) is 0. The van der Waals surface area contributed by atoms with E-state index >= 15 is 0 Å². The van der Waals surface area contributed by atoms with Gasteiger partial charge in [-0.05, 0) is 24.3 Å². The molecule has 5 rings (SSSR count). The number of anilines is 2. The minimum absolute atomic E-state index is 0.0246. The summed E-state index contributed by atoms with van der Waals surface area (Å²) >= 11 is 1.50. The number of benzene rings is 2. The van der Waals surface area contributed by atoms with Crippen molar-refractivity contribution < 1.29 is 23.5 Å². The third-order valence-electron chi connectivity index (χ3n) is 5.72. The number of hydrogen-bond acceptors (Lipinski definition) is 6.